The SMILES string of the molecule is Cc1ccc2cc(C)c(-c3cccc(C)c3C)nc2c1. The van der Waals surface area contributed by atoms with Gasteiger partial charge in [0.15, 0.2) is 0 Å². The van der Waals surface area contributed by atoms with Gasteiger partial charge in [0.1, 0.15) is 0 Å². The molecular formula is C19H19N. The number of pyridine rings is 1. The Labute approximate surface area is 120 Å². The molecule has 0 amide bonds. The van der Waals surface area contributed by atoms with E-state index < -0.39 is 0 Å². The number of aryl methyl sites for hydroxylation is 3. The molecule has 0 N–H and O–H groups in total. The summed E-state index contributed by atoms with van der Waals surface area (Å²) in [6.45, 7) is 8.58. The molecule has 1 nitrogen and oxygen atoms in total. The quantitative estimate of drug-likeness (QED) is 0.591. The molecular weight excluding hydrogens is 242 g/mol. The van der Waals surface area contributed by atoms with Crippen LogP contribution in [-0.2, 0) is 0 Å². The summed E-state index contributed by atoms with van der Waals surface area (Å²) in [6.07, 6.45) is 0. The van der Waals surface area contributed by atoms with Crippen molar-refractivity contribution in [2.45, 2.75) is 27.7 Å². The number of benzene rings is 2. The second-order valence-corrected chi connectivity index (χ2v) is 5.60. The fourth-order valence-corrected chi connectivity index (χ4v) is 2.66. The lowest BCUT2D eigenvalue weighted by atomic mass is 9.97. The van der Waals surface area contributed by atoms with Crippen LogP contribution < -0.4 is 0 Å². The van der Waals surface area contributed by atoms with Gasteiger partial charge in [-0.15, -0.1) is 0 Å². The van der Waals surface area contributed by atoms with E-state index in [1.54, 1.807) is 0 Å². The Hall–Kier alpha value is -2.15. The summed E-state index contributed by atoms with van der Waals surface area (Å²) in [5, 5.41) is 1.21. The molecule has 3 aromatic rings. The summed E-state index contributed by atoms with van der Waals surface area (Å²) in [6, 6.07) is 15.1. The standard InChI is InChI=1S/C19H19N/c1-12-8-9-16-11-14(3)19(20-18(16)10-12)17-7-5-6-13(2)15(17)4/h5-11H,1-4H3. The van der Waals surface area contributed by atoms with Crippen LogP contribution in [0.15, 0.2) is 42.5 Å². The number of fused-ring (bicyclic) bond motifs is 1. The zero-order chi connectivity index (χ0) is 14.3. The molecule has 0 unspecified atom stereocenters. The first-order valence-corrected chi connectivity index (χ1v) is 7.01. The minimum atomic E-state index is 1.08. The van der Waals surface area contributed by atoms with Crippen LogP contribution in [-0.4, -0.2) is 4.98 Å². The Morgan fingerprint density at radius 3 is 2.40 bits per heavy atom. The Morgan fingerprint density at radius 2 is 1.60 bits per heavy atom. The summed E-state index contributed by atoms with van der Waals surface area (Å²) in [4.78, 5) is 4.91. The van der Waals surface area contributed by atoms with E-state index in [9.17, 15) is 0 Å². The maximum absolute atomic E-state index is 4.91. The number of nitrogens with zero attached hydrogens (tertiary/aromatic N) is 1. The molecule has 0 saturated carbocycles. The highest BCUT2D eigenvalue weighted by Gasteiger charge is 2.09. The summed E-state index contributed by atoms with van der Waals surface area (Å²) in [7, 11) is 0. The van der Waals surface area contributed by atoms with Gasteiger partial charge in [0.25, 0.3) is 0 Å². The van der Waals surface area contributed by atoms with Gasteiger partial charge in [-0.1, -0.05) is 30.3 Å². The lowest BCUT2D eigenvalue weighted by molar-refractivity contribution is 1.27. The second-order valence-electron chi connectivity index (χ2n) is 5.60. The average molecular weight is 261 g/mol. The minimum absolute atomic E-state index is 1.08. The molecule has 1 heterocycles. The molecule has 20 heavy (non-hydrogen) atoms. The fraction of sp³-hybridized carbons (Fsp3) is 0.211. The number of hydrogen-bond donors (Lipinski definition) is 0. The summed E-state index contributed by atoms with van der Waals surface area (Å²) < 4.78 is 0. The van der Waals surface area contributed by atoms with Crippen LogP contribution in [0.2, 0.25) is 0 Å². The van der Waals surface area contributed by atoms with Crippen LogP contribution in [0.25, 0.3) is 22.2 Å². The first-order chi connectivity index (χ1) is 9.56. The minimum Gasteiger partial charge on any atom is -0.247 e. The molecule has 1 aromatic heterocycles. The Kier molecular flexibility index (Phi) is 3.06. The Balaban J connectivity index is 2.30. The van der Waals surface area contributed by atoms with E-state index in [1.165, 1.54) is 33.2 Å². The third-order valence-electron chi connectivity index (χ3n) is 4.02. The molecule has 0 bridgehead atoms. The predicted octanol–water partition coefficient (Wildman–Crippen LogP) is 5.14. The molecule has 1 heteroatoms. The summed E-state index contributed by atoms with van der Waals surface area (Å²) in [5.41, 5.74) is 8.53. The largest absolute Gasteiger partial charge is 0.247 e. The van der Waals surface area contributed by atoms with E-state index in [0.717, 1.165) is 11.2 Å². The highest BCUT2D eigenvalue weighted by molar-refractivity contribution is 5.84. The molecule has 0 aliphatic rings. The van der Waals surface area contributed by atoms with E-state index in [4.69, 9.17) is 4.98 Å². The summed E-state index contributed by atoms with van der Waals surface area (Å²) in [5.74, 6) is 0. The highest BCUT2D eigenvalue weighted by Crippen LogP contribution is 2.29. The Morgan fingerprint density at radius 1 is 0.800 bits per heavy atom. The van der Waals surface area contributed by atoms with Crippen molar-refractivity contribution in [1.29, 1.82) is 0 Å². The van der Waals surface area contributed by atoms with Gasteiger partial charge in [-0.2, -0.15) is 0 Å². The van der Waals surface area contributed by atoms with Gasteiger partial charge in [-0.3, -0.25) is 0 Å². The van der Waals surface area contributed by atoms with E-state index >= 15 is 0 Å². The maximum Gasteiger partial charge on any atom is 0.0741 e. The molecule has 0 aliphatic heterocycles. The van der Waals surface area contributed by atoms with Crippen molar-refractivity contribution in [3.05, 3.63) is 64.7 Å². The zero-order valence-corrected chi connectivity index (χ0v) is 12.5. The molecule has 2 aromatic carbocycles. The monoisotopic (exact) mass is 261 g/mol. The molecule has 0 radical (unpaired) electrons. The number of rotatable bonds is 1. The topological polar surface area (TPSA) is 12.9 Å². The zero-order valence-electron chi connectivity index (χ0n) is 12.5. The molecule has 3 rings (SSSR count). The number of aromatic nitrogens is 1. The van der Waals surface area contributed by atoms with E-state index in [0.29, 0.717) is 0 Å². The van der Waals surface area contributed by atoms with Gasteiger partial charge in [-0.05, 0) is 62.1 Å². The van der Waals surface area contributed by atoms with E-state index in [2.05, 4.69) is 70.2 Å². The first-order valence-electron chi connectivity index (χ1n) is 7.01. The predicted molar refractivity (Wildman–Crippen MR) is 86.1 cm³/mol. The normalized spacial score (nSPS) is 11.0. The van der Waals surface area contributed by atoms with Crippen LogP contribution in [0.4, 0.5) is 0 Å². The van der Waals surface area contributed by atoms with Gasteiger partial charge in [-0.25, -0.2) is 4.98 Å². The average Bonchev–Trinajstić information content (AvgIpc) is 2.42. The van der Waals surface area contributed by atoms with Crippen molar-refractivity contribution in [2.75, 3.05) is 0 Å². The van der Waals surface area contributed by atoms with Crippen molar-refractivity contribution in [2.24, 2.45) is 0 Å². The van der Waals surface area contributed by atoms with Crippen LogP contribution in [0.1, 0.15) is 22.3 Å². The molecule has 0 fully saturated rings. The molecule has 0 aliphatic carbocycles. The van der Waals surface area contributed by atoms with Crippen molar-refractivity contribution < 1.29 is 0 Å². The second kappa shape index (κ2) is 4.75. The van der Waals surface area contributed by atoms with Gasteiger partial charge in [0.2, 0.25) is 0 Å². The lowest BCUT2D eigenvalue weighted by Crippen LogP contribution is -1.94. The van der Waals surface area contributed by atoms with Gasteiger partial charge >= 0.3 is 0 Å². The van der Waals surface area contributed by atoms with Crippen molar-refractivity contribution in [1.82, 2.24) is 4.98 Å². The van der Waals surface area contributed by atoms with E-state index in [-0.39, 0.29) is 0 Å². The third-order valence-corrected chi connectivity index (χ3v) is 4.02. The molecule has 0 atom stereocenters. The fourth-order valence-electron chi connectivity index (χ4n) is 2.66. The number of hydrogen-bond acceptors (Lipinski definition) is 1. The molecule has 100 valence electrons. The van der Waals surface area contributed by atoms with Gasteiger partial charge in [0.05, 0.1) is 11.2 Å². The van der Waals surface area contributed by atoms with Crippen LogP contribution in [0, 0.1) is 27.7 Å². The van der Waals surface area contributed by atoms with Crippen molar-refractivity contribution in [3.63, 3.8) is 0 Å². The summed E-state index contributed by atoms with van der Waals surface area (Å²) >= 11 is 0. The Bertz CT molecular complexity index is 800. The van der Waals surface area contributed by atoms with Crippen molar-refractivity contribution in [3.8, 4) is 11.3 Å². The molecule has 0 saturated heterocycles. The third kappa shape index (κ3) is 2.09. The van der Waals surface area contributed by atoms with Crippen LogP contribution in [0.3, 0.4) is 0 Å². The highest BCUT2D eigenvalue weighted by atomic mass is 14.7. The van der Waals surface area contributed by atoms with Gasteiger partial charge < -0.3 is 0 Å². The van der Waals surface area contributed by atoms with Gasteiger partial charge in [0, 0.05) is 10.9 Å². The van der Waals surface area contributed by atoms with Crippen LogP contribution >= 0.6 is 0 Å². The maximum atomic E-state index is 4.91. The van der Waals surface area contributed by atoms with Crippen molar-refractivity contribution >= 4 is 10.9 Å². The van der Waals surface area contributed by atoms with E-state index in [1.807, 2.05) is 0 Å². The van der Waals surface area contributed by atoms with Crippen LogP contribution in [0.5, 0.6) is 0 Å². The first kappa shape index (κ1) is 12.9. The smallest absolute Gasteiger partial charge is 0.0741 e. The lowest BCUT2D eigenvalue weighted by Gasteiger charge is -2.12. The molecule has 0 spiro atoms.